The maximum atomic E-state index is 4.36. The topological polar surface area (TPSA) is 37.8 Å². The molecule has 2 atom stereocenters. The molecule has 17 heavy (non-hydrogen) atoms. The maximum Gasteiger partial charge on any atom is 0.0798 e. The highest BCUT2D eigenvalue weighted by atomic mass is 32.1. The molecule has 0 saturated heterocycles. The molecule has 0 aliphatic rings. The first-order chi connectivity index (χ1) is 8.18. The highest BCUT2D eigenvalue weighted by Gasteiger charge is 2.14. The van der Waals surface area contributed by atoms with Crippen LogP contribution in [-0.2, 0) is 0 Å². The molecule has 0 fully saturated rings. The van der Waals surface area contributed by atoms with Gasteiger partial charge in [-0.15, -0.1) is 11.3 Å². The van der Waals surface area contributed by atoms with Gasteiger partial charge in [0, 0.05) is 23.2 Å². The van der Waals surface area contributed by atoms with Crippen molar-refractivity contribution in [1.29, 1.82) is 0 Å². The average molecular weight is 247 g/mol. The van der Waals surface area contributed by atoms with Crippen molar-refractivity contribution in [3.05, 3.63) is 46.2 Å². The van der Waals surface area contributed by atoms with E-state index < -0.39 is 0 Å². The Morgan fingerprint density at radius 1 is 1.18 bits per heavy atom. The first-order valence-corrected chi connectivity index (χ1v) is 6.63. The lowest BCUT2D eigenvalue weighted by molar-refractivity contribution is 0.489. The number of nitrogens with one attached hydrogen (secondary N) is 1. The summed E-state index contributed by atoms with van der Waals surface area (Å²) in [5.74, 6) is 0. The minimum absolute atomic E-state index is 0.243. The van der Waals surface area contributed by atoms with Crippen LogP contribution < -0.4 is 5.32 Å². The molecule has 1 unspecified atom stereocenters. The van der Waals surface area contributed by atoms with Gasteiger partial charge < -0.3 is 5.32 Å². The van der Waals surface area contributed by atoms with Crippen LogP contribution in [0.2, 0.25) is 0 Å². The molecular formula is C13H17N3S. The number of aryl methyl sites for hydroxylation is 1. The van der Waals surface area contributed by atoms with E-state index in [0.717, 1.165) is 11.4 Å². The SMILES string of the molecule is Cc1ncsc1C(C)N[C@H](C)c1ccccn1. The quantitative estimate of drug-likeness (QED) is 0.901. The molecule has 2 rings (SSSR count). The smallest absolute Gasteiger partial charge is 0.0798 e. The molecule has 0 aliphatic heterocycles. The van der Waals surface area contributed by atoms with Crippen LogP contribution in [0.25, 0.3) is 0 Å². The molecule has 0 amide bonds. The number of thiazole rings is 1. The van der Waals surface area contributed by atoms with Crippen molar-refractivity contribution in [2.45, 2.75) is 32.9 Å². The fraction of sp³-hybridized carbons (Fsp3) is 0.385. The minimum Gasteiger partial charge on any atom is -0.301 e. The number of hydrogen-bond acceptors (Lipinski definition) is 4. The van der Waals surface area contributed by atoms with Gasteiger partial charge in [-0.25, -0.2) is 4.98 Å². The Hall–Kier alpha value is -1.26. The number of pyridine rings is 1. The van der Waals surface area contributed by atoms with Gasteiger partial charge in [-0.05, 0) is 32.9 Å². The van der Waals surface area contributed by atoms with Crippen LogP contribution in [0, 0.1) is 6.92 Å². The van der Waals surface area contributed by atoms with Gasteiger partial charge in [-0.1, -0.05) is 6.07 Å². The zero-order chi connectivity index (χ0) is 12.3. The fourth-order valence-corrected chi connectivity index (χ4v) is 2.71. The summed E-state index contributed by atoms with van der Waals surface area (Å²) in [6.45, 7) is 6.35. The summed E-state index contributed by atoms with van der Waals surface area (Å²) in [7, 11) is 0. The second-order valence-corrected chi connectivity index (χ2v) is 5.05. The second kappa shape index (κ2) is 5.38. The molecular weight excluding hydrogens is 230 g/mol. The average Bonchev–Trinajstić information content (AvgIpc) is 2.76. The predicted octanol–water partition coefficient (Wildman–Crippen LogP) is 3.26. The summed E-state index contributed by atoms with van der Waals surface area (Å²) >= 11 is 1.70. The summed E-state index contributed by atoms with van der Waals surface area (Å²) in [5, 5.41) is 3.55. The summed E-state index contributed by atoms with van der Waals surface area (Å²) in [4.78, 5) is 9.94. The van der Waals surface area contributed by atoms with Crippen molar-refractivity contribution >= 4 is 11.3 Å². The van der Waals surface area contributed by atoms with Crippen LogP contribution in [0.1, 0.15) is 42.2 Å². The van der Waals surface area contributed by atoms with Crippen LogP contribution in [0.4, 0.5) is 0 Å². The molecule has 0 aromatic carbocycles. The van der Waals surface area contributed by atoms with Gasteiger partial charge in [-0.3, -0.25) is 4.98 Å². The number of nitrogens with zero attached hydrogens (tertiary/aromatic N) is 2. The van der Waals surface area contributed by atoms with Gasteiger partial charge in [0.2, 0.25) is 0 Å². The van der Waals surface area contributed by atoms with Gasteiger partial charge >= 0.3 is 0 Å². The maximum absolute atomic E-state index is 4.36. The van der Waals surface area contributed by atoms with Gasteiger partial charge in [0.1, 0.15) is 0 Å². The molecule has 0 aliphatic carbocycles. The zero-order valence-electron chi connectivity index (χ0n) is 10.3. The lowest BCUT2D eigenvalue weighted by Gasteiger charge is -2.19. The molecule has 0 spiro atoms. The summed E-state index contributed by atoms with van der Waals surface area (Å²) in [6, 6.07) is 6.55. The van der Waals surface area contributed by atoms with E-state index in [-0.39, 0.29) is 6.04 Å². The number of rotatable bonds is 4. The van der Waals surface area contributed by atoms with Crippen molar-refractivity contribution in [1.82, 2.24) is 15.3 Å². The third kappa shape index (κ3) is 2.90. The van der Waals surface area contributed by atoms with E-state index in [1.807, 2.05) is 29.9 Å². The lowest BCUT2D eigenvalue weighted by Crippen LogP contribution is -2.23. The Morgan fingerprint density at radius 2 is 2.00 bits per heavy atom. The molecule has 1 N–H and O–H groups in total. The zero-order valence-corrected chi connectivity index (χ0v) is 11.2. The van der Waals surface area contributed by atoms with Crippen molar-refractivity contribution in [2.24, 2.45) is 0 Å². The third-order valence-electron chi connectivity index (χ3n) is 2.81. The largest absolute Gasteiger partial charge is 0.301 e. The Bertz CT molecular complexity index is 467. The fourth-order valence-electron chi connectivity index (χ4n) is 1.89. The third-order valence-corrected chi connectivity index (χ3v) is 3.92. The van der Waals surface area contributed by atoms with Crippen molar-refractivity contribution in [3.8, 4) is 0 Å². The first kappa shape index (κ1) is 12.2. The molecule has 2 heterocycles. The highest BCUT2D eigenvalue weighted by Crippen LogP contribution is 2.23. The Balaban J connectivity index is 2.05. The molecule has 2 aromatic rings. The van der Waals surface area contributed by atoms with E-state index in [1.165, 1.54) is 4.88 Å². The van der Waals surface area contributed by atoms with E-state index in [0.29, 0.717) is 6.04 Å². The predicted molar refractivity (Wildman–Crippen MR) is 71.1 cm³/mol. The van der Waals surface area contributed by atoms with E-state index in [2.05, 4.69) is 36.1 Å². The van der Waals surface area contributed by atoms with Gasteiger partial charge in [0.25, 0.3) is 0 Å². The van der Waals surface area contributed by atoms with Crippen LogP contribution >= 0.6 is 11.3 Å². The van der Waals surface area contributed by atoms with Crippen molar-refractivity contribution in [2.75, 3.05) is 0 Å². The van der Waals surface area contributed by atoms with E-state index in [9.17, 15) is 0 Å². The van der Waals surface area contributed by atoms with Crippen LogP contribution in [0.5, 0.6) is 0 Å². The van der Waals surface area contributed by atoms with Gasteiger partial charge in [-0.2, -0.15) is 0 Å². The Morgan fingerprint density at radius 3 is 2.59 bits per heavy atom. The van der Waals surface area contributed by atoms with E-state index in [4.69, 9.17) is 0 Å². The molecule has 3 nitrogen and oxygen atoms in total. The molecule has 0 radical (unpaired) electrons. The first-order valence-electron chi connectivity index (χ1n) is 5.75. The standard InChI is InChI=1S/C13H17N3S/c1-9(12-6-4-5-7-14-12)16-11(3)13-10(2)15-8-17-13/h4-9,11,16H,1-3H3/t9-,11?/m1/s1. The van der Waals surface area contributed by atoms with Crippen molar-refractivity contribution < 1.29 is 0 Å². The second-order valence-electron chi connectivity index (χ2n) is 4.17. The molecule has 0 bridgehead atoms. The number of aromatic nitrogens is 2. The van der Waals surface area contributed by atoms with Crippen molar-refractivity contribution in [3.63, 3.8) is 0 Å². The molecule has 4 heteroatoms. The highest BCUT2D eigenvalue weighted by molar-refractivity contribution is 7.09. The van der Waals surface area contributed by atoms with Gasteiger partial charge in [0.05, 0.1) is 16.9 Å². The summed E-state index contributed by atoms with van der Waals surface area (Å²) in [6.07, 6.45) is 1.83. The Kier molecular flexibility index (Phi) is 3.86. The van der Waals surface area contributed by atoms with E-state index >= 15 is 0 Å². The summed E-state index contributed by atoms with van der Waals surface area (Å²) < 4.78 is 0. The van der Waals surface area contributed by atoms with E-state index in [1.54, 1.807) is 11.3 Å². The number of hydrogen-bond donors (Lipinski definition) is 1. The lowest BCUT2D eigenvalue weighted by atomic mass is 10.1. The molecule has 90 valence electrons. The van der Waals surface area contributed by atoms with Crippen LogP contribution in [-0.4, -0.2) is 9.97 Å². The van der Waals surface area contributed by atoms with Crippen LogP contribution in [0.15, 0.2) is 29.9 Å². The summed E-state index contributed by atoms with van der Waals surface area (Å²) in [5.41, 5.74) is 4.08. The molecule has 0 saturated carbocycles. The van der Waals surface area contributed by atoms with Gasteiger partial charge in [0.15, 0.2) is 0 Å². The van der Waals surface area contributed by atoms with Crippen LogP contribution in [0.3, 0.4) is 0 Å². The monoisotopic (exact) mass is 247 g/mol. The normalized spacial score (nSPS) is 14.5. The minimum atomic E-state index is 0.243. The Labute approximate surface area is 106 Å². The molecule has 2 aromatic heterocycles.